The standard InChI is InChI=1S/C35H21N7/c1-2-10-26-22(7-1)13-14-28-31(26)27-11-3-4-12-29(27)39-32(28)30-19-23(15-18-38-30)33-40-34(24-8-5-16-36-20-24)42-35(41-33)25-9-6-17-37-21-25/h1-21H. The summed E-state index contributed by atoms with van der Waals surface area (Å²) >= 11 is 0. The van der Waals surface area contributed by atoms with Crippen molar-refractivity contribution in [3.05, 3.63) is 128 Å². The molecule has 0 saturated carbocycles. The van der Waals surface area contributed by atoms with Crippen molar-refractivity contribution in [2.45, 2.75) is 0 Å². The van der Waals surface area contributed by atoms with Crippen LogP contribution in [0.3, 0.4) is 0 Å². The molecule has 7 heteroatoms. The molecule has 5 heterocycles. The fraction of sp³-hybridized carbons (Fsp3) is 0. The summed E-state index contributed by atoms with van der Waals surface area (Å²) in [6, 6.07) is 32.5. The Morgan fingerprint density at radius 3 is 1.83 bits per heavy atom. The topological polar surface area (TPSA) is 90.2 Å². The molecule has 8 rings (SSSR count). The van der Waals surface area contributed by atoms with Crippen LogP contribution in [0.4, 0.5) is 0 Å². The first-order valence-electron chi connectivity index (χ1n) is 13.6. The average molecular weight is 540 g/mol. The molecule has 8 aromatic rings. The first-order chi connectivity index (χ1) is 20.8. The molecule has 7 nitrogen and oxygen atoms in total. The van der Waals surface area contributed by atoms with Crippen LogP contribution in [-0.2, 0) is 0 Å². The lowest BCUT2D eigenvalue weighted by Gasteiger charge is -2.13. The second kappa shape index (κ2) is 9.91. The molecule has 5 aromatic heterocycles. The highest BCUT2D eigenvalue weighted by Gasteiger charge is 2.17. The van der Waals surface area contributed by atoms with Gasteiger partial charge in [-0.15, -0.1) is 0 Å². The molecule has 0 N–H and O–H groups in total. The highest BCUT2D eigenvalue weighted by Crippen LogP contribution is 2.37. The Morgan fingerprint density at radius 1 is 0.452 bits per heavy atom. The summed E-state index contributed by atoms with van der Waals surface area (Å²) in [4.78, 5) is 32.9. The molecule has 0 aliphatic rings. The summed E-state index contributed by atoms with van der Waals surface area (Å²) in [7, 11) is 0. The largest absolute Gasteiger partial charge is 0.264 e. The van der Waals surface area contributed by atoms with Gasteiger partial charge in [0.1, 0.15) is 0 Å². The van der Waals surface area contributed by atoms with Gasteiger partial charge in [0.05, 0.1) is 16.9 Å². The molecule has 0 atom stereocenters. The van der Waals surface area contributed by atoms with Gasteiger partial charge >= 0.3 is 0 Å². The summed E-state index contributed by atoms with van der Waals surface area (Å²) in [5, 5.41) is 5.69. The second-order valence-corrected chi connectivity index (χ2v) is 9.91. The van der Waals surface area contributed by atoms with E-state index in [4.69, 9.17) is 24.9 Å². The molecule has 196 valence electrons. The van der Waals surface area contributed by atoms with Crippen molar-refractivity contribution in [2.24, 2.45) is 0 Å². The molecular formula is C35H21N7. The SMILES string of the molecule is c1cncc(-c2nc(-c3cccnc3)nc(-c3ccnc(-c4nc5ccccc5c5c4ccc4ccccc45)c3)n2)c1. The van der Waals surface area contributed by atoms with Gasteiger partial charge in [-0.2, -0.15) is 0 Å². The van der Waals surface area contributed by atoms with Crippen molar-refractivity contribution >= 4 is 32.4 Å². The van der Waals surface area contributed by atoms with E-state index in [0.717, 1.165) is 44.4 Å². The predicted molar refractivity (Wildman–Crippen MR) is 165 cm³/mol. The summed E-state index contributed by atoms with van der Waals surface area (Å²) in [5.41, 5.74) is 4.88. The number of para-hydroxylation sites is 1. The molecule has 0 saturated heterocycles. The first kappa shape index (κ1) is 23.9. The number of hydrogen-bond acceptors (Lipinski definition) is 7. The Balaban J connectivity index is 1.35. The highest BCUT2D eigenvalue weighted by molar-refractivity contribution is 6.22. The van der Waals surface area contributed by atoms with Crippen molar-refractivity contribution in [2.75, 3.05) is 0 Å². The van der Waals surface area contributed by atoms with Crippen molar-refractivity contribution in [1.29, 1.82) is 0 Å². The third-order valence-electron chi connectivity index (χ3n) is 7.33. The van der Waals surface area contributed by atoms with Crippen LogP contribution in [-0.4, -0.2) is 34.9 Å². The predicted octanol–water partition coefficient (Wildman–Crippen LogP) is 7.58. The maximum absolute atomic E-state index is 5.11. The normalized spacial score (nSPS) is 11.3. The Hall–Kier alpha value is -5.95. The van der Waals surface area contributed by atoms with Gasteiger partial charge in [0, 0.05) is 63.8 Å². The van der Waals surface area contributed by atoms with Crippen LogP contribution >= 0.6 is 0 Å². The maximum atomic E-state index is 5.11. The van der Waals surface area contributed by atoms with Crippen LogP contribution in [0.1, 0.15) is 0 Å². The van der Waals surface area contributed by atoms with Gasteiger partial charge in [-0.05, 0) is 53.2 Å². The zero-order valence-electron chi connectivity index (χ0n) is 22.3. The number of rotatable bonds is 4. The van der Waals surface area contributed by atoms with Crippen LogP contribution in [0.15, 0.2) is 128 Å². The Kier molecular flexibility index (Phi) is 5.64. The zero-order valence-corrected chi connectivity index (χ0v) is 22.3. The Morgan fingerprint density at radius 2 is 1.12 bits per heavy atom. The van der Waals surface area contributed by atoms with Gasteiger partial charge < -0.3 is 0 Å². The summed E-state index contributed by atoms with van der Waals surface area (Å²) in [6.45, 7) is 0. The number of hydrogen-bond donors (Lipinski definition) is 0. The number of fused-ring (bicyclic) bond motifs is 5. The number of benzene rings is 3. The minimum atomic E-state index is 0.530. The van der Waals surface area contributed by atoms with E-state index in [1.165, 1.54) is 16.2 Å². The number of nitrogens with zero attached hydrogens (tertiary/aromatic N) is 7. The van der Waals surface area contributed by atoms with E-state index >= 15 is 0 Å². The fourth-order valence-electron chi connectivity index (χ4n) is 5.37. The lowest BCUT2D eigenvalue weighted by Crippen LogP contribution is -2.01. The van der Waals surface area contributed by atoms with Gasteiger partial charge in [-0.25, -0.2) is 19.9 Å². The molecule has 0 unspecified atom stereocenters. The average Bonchev–Trinajstić information content (AvgIpc) is 3.08. The van der Waals surface area contributed by atoms with E-state index < -0.39 is 0 Å². The molecule has 0 aliphatic heterocycles. The number of aromatic nitrogens is 7. The fourth-order valence-corrected chi connectivity index (χ4v) is 5.37. The van der Waals surface area contributed by atoms with Gasteiger partial charge in [0.25, 0.3) is 0 Å². The lowest BCUT2D eigenvalue weighted by molar-refractivity contribution is 1.06. The summed E-state index contributed by atoms with van der Waals surface area (Å²) in [6.07, 6.45) is 8.74. The molecule has 0 amide bonds. The molecule has 0 fully saturated rings. The van der Waals surface area contributed by atoms with Crippen molar-refractivity contribution in [3.8, 4) is 45.6 Å². The quantitative estimate of drug-likeness (QED) is 0.213. The van der Waals surface area contributed by atoms with Gasteiger partial charge in [-0.1, -0.05) is 54.6 Å². The van der Waals surface area contributed by atoms with E-state index in [9.17, 15) is 0 Å². The summed E-state index contributed by atoms with van der Waals surface area (Å²) in [5.74, 6) is 1.60. The lowest BCUT2D eigenvalue weighted by atomic mass is 9.96. The smallest absolute Gasteiger partial charge is 0.165 e. The highest BCUT2D eigenvalue weighted by atomic mass is 15.0. The van der Waals surface area contributed by atoms with E-state index in [1.807, 2.05) is 42.5 Å². The van der Waals surface area contributed by atoms with E-state index in [-0.39, 0.29) is 0 Å². The van der Waals surface area contributed by atoms with E-state index in [2.05, 4.69) is 64.6 Å². The monoisotopic (exact) mass is 539 g/mol. The molecule has 3 aromatic carbocycles. The molecule has 42 heavy (non-hydrogen) atoms. The first-order valence-corrected chi connectivity index (χ1v) is 13.6. The Labute approximate surface area is 240 Å². The van der Waals surface area contributed by atoms with Gasteiger partial charge in [-0.3, -0.25) is 15.0 Å². The van der Waals surface area contributed by atoms with Gasteiger partial charge in [0.2, 0.25) is 0 Å². The molecular weight excluding hydrogens is 518 g/mol. The number of pyridine rings is 4. The van der Waals surface area contributed by atoms with Crippen LogP contribution in [0, 0.1) is 0 Å². The molecule has 0 radical (unpaired) electrons. The van der Waals surface area contributed by atoms with Crippen LogP contribution in [0.2, 0.25) is 0 Å². The van der Waals surface area contributed by atoms with Crippen molar-refractivity contribution in [3.63, 3.8) is 0 Å². The van der Waals surface area contributed by atoms with Crippen LogP contribution in [0.25, 0.3) is 78.0 Å². The maximum Gasteiger partial charge on any atom is 0.165 e. The minimum absolute atomic E-state index is 0.530. The van der Waals surface area contributed by atoms with Gasteiger partial charge in [0.15, 0.2) is 17.5 Å². The third kappa shape index (κ3) is 4.12. The Bertz CT molecular complexity index is 2180. The second-order valence-electron chi connectivity index (χ2n) is 9.91. The minimum Gasteiger partial charge on any atom is -0.264 e. The van der Waals surface area contributed by atoms with Crippen LogP contribution < -0.4 is 0 Å². The molecule has 0 aliphatic carbocycles. The van der Waals surface area contributed by atoms with E-state index in [0.29, 0.717) is 17.5 Å². The molecule has 0 bridgehead atoms. The van der Waals surface area contributed by atoms with Crippen molar-refractivity contribution < 1.29 is 0 Å². The third-order valence-corrected chi connectivity index (χ3v) is 7.33. The zero-order chi connectivity index (χ0) is 27.9. The summed E-state index contributed by atoms with van der Waals surface area (Å²) < 4.78 is 0. The van der Waals surface area contributed by atoms with Crippen molar-refractivity contribution in [1.82, 2.24) is 34.9 Å². The van der Waals surface area contributed by atoms with E-state index in [1.54, 1.807) is 31.0 Å². The molecule has 0 spiro atoms. The van der Waals surface area contributed by atoms with Crippen LogP contribution in [0.5, 0.6) is 0 Å².